The molecule has 1 aromatic carbocycles. The van der Waals surface area contributed by atoms with E-state index in [0.717, 1.165) is 22.6 Å². The third-order valence-corrected chi connectivity index (χ3v) is 3.88. The zero-order chi connectivity index (χ0) is 15.2. The maximum Gasteiger partial charge on any atom is 0.166 e. The number of hydrogen-bond acceptors (Lipinski definition) is 3. The Labute approximate surface area is 124 Å². The van der Waals surface area contributed by atoms with E-state index in [1.807, 2.05) is 0 Å². The first-order valence-corrected chi connectivity index (χ1v) is 7.17. The lowest BCUT2D eigenvalue weighted by Gasteiger charge is -2.24. The summed E-state index contributed by atoms with van der Waals surface area (Å²) in [6.07, 6.45) is 0.700. The average molecular weight is 281 g/mol. The highest BCUT2D eigenvalue weighted by molar-refractivity contribution is 5.75. The van der Waals surface area contributed by atoms with Crippen LogP contribution in [-0.2, 0) is 11.8 Å². The van der Waals surface area contributed by atoms with Gasteiger partial charge in [-0.15, -0.1) is 0 Å². The molecule has 0 fully saturated rings. The van der Waals surface area contributed by atoms with E-state index in [2.05, 4.69) is 56.1 Å². The monoisotopic (exact) mass is 281 g/mol. The quantitative estimate of drug-likeness (QED) is 0.804. The molecule has 3 rings (SSSR count). The summed E-state index contributed by atoms with van der Waals surface area (Å²) in [5.41, 5.74) is 5.75. The van der Waals surface area contributed by atoms with Gasteiger partial charge in [-0.1, -0.05) is 26.8 Å². The molecule has 0 saturated heterocycles. The summed E-state index contributed by atoms with van der Waals surface area (Å²) in [6.45, 7) is 9.21. The van der Waals surface area contributed by atoms with Crippen molar-refractivity contribution in [3.05, 3.63) is 34.5 Å². The van der Waals surface area contributed by atoms with Crippen molar-refractivity contribution in [1.82, 2.24) is 10.2 Å². The van der Waals surface area contributed by atoms with Gasteiger partial charge in [-0.3, -0.25) is 5.10 Å². The second kappa shape index (κ2) is 4.63. The highest BCUT2D eigenvalue weighted by Crippen LogP contribution is 2.42. The van der Waals surface area contributed by atoms with Crippen LogP contribution in [0.15, 0.2) is 12.1 Å². The molecule has 0 saturated carbocycles. The normalized spacial score (nSPS) is 13.7. The van der Waals surface area contributed by atoms with Crippen molar-refractivity contribution in [2.75, 3.05) is 6.61 Å². The number of aryl methyl sites for hydroxylation is 1. The summed E-state index contributed by atoms with van der Waals surface area (Å²) >= 11 is 0. The number of rotatable bonds is 0. The summed E-state index contributed by atoms with van der Waals surface area (Å²) < 4.78 is 6.04. The molecule has 0 amide bonds. The van der Waals surface area contributed by atoms with Crippen molar-refractivity contribution in [3.8, 4) is 23.1 Å². The molecule has 0 aliphatic carbocycles. The predicted octanol–water partition coefficient (Wildman–Crippen LogP) is 3.49. The Morgan fingerprint density at radius 3 is 2.76 bits per heavy atom. The zero-order valence-electron chi connectivity index (χ0n) is 12.9. The molecule has 0 atom stereocenters. The molecule has 0 unspecified atom stereocenters. The van der Waals surface area contributed by atoms with Gasteiger partial charge in [-0.05, 0) is 24.0 Å². The molecule has 2 heterocycles. The Bertz CT molecular complexity index is 745. The van der Waals surface area contributed by atoms with E-state index in [-0.39, 0.29) is 5.41 Å². The van der Waals surface area contributed by atoms with Gasteiger partial charge in [0.05, 0.1) is 12.3 Å². The third-order valence-electron chi connectivity index (χ3n) is 3.88. The van der Waals surface area contributed by atoms with Gasteiger partial charge in [0.1, 0.15) is 11.8 Å². The van der Waals surface area contributed by atoms with Crippen LogP contribution in [-0.4, -0.2) is 16.8 Å². The molecule has 0 radical (unpaired) electrons. The van der Waals surface area contributed by atoms with Crippen molar-refractivity contribution in [2.45, 2.75) is 39.5 Å². The van der Waals surface area contributed by atoms with Crippen molar-refractivity contribution in [3.63, 3.8) is 0 Å². The van der Waals surface area contributed by atoms with Crippen LogP contribution in [0, 0.1) is 18.3 Å². The molecular formula is C17H19N3O. The number of hydrogen-bond donors (Lipinski definition) is 1. The van der Waals surface area contributed by atoms with Crippen molar-refractivity contribution < 1.29 is 4.74 Å². The highest BCUT2D eigenvalue weighted by Gasteiger charge is 2.27. The minimum atomic E-state index is -0.00130. The minimum absolute atomic E-state index is 0.00130. The van der Waals surface area contributed by atoms with Gasteiger partial charge in [0.15, 0.2) is 5.69 Å². The number of aromatic nitrogens is 2. The van der Waals surface area contributed by atoms with Crippen LogP contribution >= 0.6 is 0 Å². The smallest absolute Gasteiger partial charge is 0.166 e. The Hall–Kier alpha value is -2.28. The van der Waals surface area contributed by atoms with Crippen LogP contribution in [0.4, 0.5) is 0 Å². The van der Waals surface area contributed by atoms with E-state index in [1.165, 1.54) is 11.1 Å². The SMILES string of the molecule is Cc1cc2c(c(C(C)(C)C)c1)OCCc1c(C#N)n[nH]c1-2. The first-order chi connectivity index (χ1) is 9.91. The summed E-state index contributed by atoms with van der Waals surface area (Å²) in [4.78, 5) is 0. The molecule has 108 valence electrons. The van der Waals surface area contributed by atoms with E-state index in [1.54, 1.807) is 0 Å². The number of benzene rings is 1. The number of ether oxygens (including phenoxy) is 1. The van der Waals surface area contributed by atoms with Gasteiger partial charge in [-0.2, -0.15) is 10.4 Å². The predicted molar refractivity (Wildman–Crippen MR) is 81.4 cm³/mol. The zero-order valence-corrected chi connectivity index (χ0v) is 12.9. The largest absolute Gasteiger partial charge is 0.492 e. The van der Waals surface area contributed by atoms with Crippen molar-refractivity contribution >= 4 is 0 Å². The van der Waals surface area contributed by atoms with Crippen molar-refractivity contribution in [1.29, 1.82) is 5.26 Å². The Morgan fingerprint density at radius 1 is 1.33 bits per heavy atom. The minimum Gasteiger partial charge on any atom is -0.492 e. The van der Waals surface area contributed by atoms with Crippen LogP contribution in [0.5, 0.6) is 5.75 Å². The second-order valence-corrected chi connectivity index (χ2v) is 6.58. The number of H-pyrrole nitrogens is 1. The van der Waals surface area contributed by atoms with E-state index in [0.29, 0.717) is 18.7 Å². The second-order valence-electron chi connectivity index (χ2n) is 6.58. The van der Waals surface area contributed by atoms with Gasteiger partial charge in [0.25, 0.3) is 0 Å². The van der Waals surface area contributed by atoms with Crippen LogP contribution in [0.1, 0.15) is 43.2 Å². The van der Waals surface area contributed by atoms with Crippen molar-refractivity contribution in [2.24, 2.45) is 0 Å². The Morgan fingerprint density at radius 2 is 2.10 bits per heavy atom. The Balaban J connectivity index is 2.31. The fraction of sp³-hybridized carbons (Fsp3) is 0.412. The molecule has 21 heavy (non-hydrogen) atoms. The fourth-order valence-electron chi connectivity index (χ4n) is 2.85. The Kier molecular flexibility index (Phi) is 3.02. The van der Waals surface area contributed by atoms with E-state index in [9.17, 15) is 5.26 Å². The maximum absolute atomic E-state index is 9.19. The van der Waals surface area contributed by atoms with Gasteiger partial charge in [-0.25, -0.2) is 0 Å². The fourth-order valence-corrected chi connectivity index (χ4v) is 2.85. The molecule has 0 spiro atoms. The molecule has 1 aromatic heterocycles. The highest BCUT2D eigenvalue weighted by atomic mass is 16.5. The molecule has 4 nitrogen and oxygen atoms in total. The standard InChI is InChI=1S/C17H19N3O/c1-10-7-12-15-11(14(9-18)19-20-15)5-6-21-16(12)13(8-10)17(2,3)4/h7-8H,5-6H2,1-4H3,(H,19,20). The maximum atomic E-state index is 9.19. The number of nitrogens with one attached hydrogen (secondary N) is 1. The lowest BCUT2D eigenvalue weighted by atomic mass is 9.83. The van der Waals surface area contributed by atoms with Gasteiger partial charge in [0, 0.05) is 23.1 Å². The molecule has 1 aliphatic heterocycles. The van der Waals surface area contributed by atoms with Gasteiger partial charge >= 0.3 is 0 Å². The molecule has 4 heteroatoms. The number of nitriles is 1. The van der Waals surface area contributed by atoms with Crippen LogP contribution < -0.4 is 4.74 Å². The first kappa shape index (κ1) is 13.7. The molecular weight excluding hydrogens is 262 g/mol. The van der Waals surface area contributed by atoms with E-state index >= 15 is 0 Å². The number of aromatic amines is 1. The summed E-state index contributed by atoms with van der Waals surface area (Å²) in [6, 6.07) is 6.45. The van der Waals surface area contributed by atoms with Crippen LogP contribution in [0.3, 0.4) is 0 Å². The number of fused-ring (bicyclic) bond motifs is 3. The molecule has 1 N–H and O–H groups in total. The van der Waals surface area contributed by atoms with Crippen LogP contribution in [0.2, 0.25) is 0 Å². The van der Waals surface area contributed by atoms with E-state index < -0.39 is 0 Å². The van der Waals surface area contributed by atoms with E-state index in [4.69, 9.17) is 4.74 Å². The average Bonchev–Trinajstić information content (AvgIpc) is 2.73. The van der Waals surface area contributed by atoms with Crippen LogP contribution in [0.25, 0.3) is 11.3 Å². The lowest BCUT2D eigenvalue weighted by molar-refractivity contribution is 0.317. The third kappa shape index (κ3) is 2.19. The summed E-state index contributed by atoms with van der Waals surface area (Å²) in [5.74, 6) is 0.917. The topological polar surface area (TPSA) is 61.7 Å². The molecule has 2 aromatic rings. The summed E-state index contributed by atoms with van der Waals surface area (Å²) in [5, 5.41) is 16.4. The lowest BCUT2D eigenvalue weighted by Crippen LogP contribution is -2.14. The summed E-state index contributed by atoms with van der Waals surface area (Å²) in [7, 11) is 0. The molecule has 0 bridgehead atoms. The van der Waals surface area contributed by atoms with Gasteiger partial charge in [0.2, 0.25) is 0 Å². The number of nitrogens with zero attached hydrogens (tertiary/aromatic N) is 2. The first-order valence-electron chi connectivity index (χ1n) is 7.17. The van der Waals surface area contributed by atoms with Gasteiger partial charge < -0.3 is 4.74 Å². The molecule has 1 aliphatic rings.